The largest absolute Gasteiger partial charge is 0.462 e. The van der Waals surface area contributed by atoms with E-state index in [2.05, 4.69) is 34.3 Å². The second kappa shape index (κ2) is 8.36. The van der Waals surface area contributed by atoms with Gasteiger partial charge in [-0.3, -0.25) is 9.59 Å². The number of rotatable bonds is 3. The summed E-state index contributed by atoms with van der Waals surface area (Å²) in [5.41, 5.74) is 2.33. The number of aliphatic hydroxyl groups excluding tert-OH is 1. The number of aliphatic hydroxyl groups is 1. The van der Waals surface area contributed by atoms with Crippen LogP contribution >= 0.6 is 0 Å². The van der Waals surface area contributed by atoms with Crippen molar-refractivity contribution in [1.29, 1.82) is 0 Å². The van der Waals surface area contributed by atoms with Crippen LogP contribution in [0.4, 0.5) is 0 Å². The van der Waals surface area contributed by atoms with E-state index in [1.54, 1.807) is 7.11 Å². The molecule has 7 atom stereocenters. The molecule has 0 spiro atoms. The molecule has 0 heterocycles. The first-order chi connectivity index (χ1) is 14.3. The fraction of sp³-hybridized carbons (Fsp3) is 0.760. The van der Waals surface area contributed by atoms with Crippen LogP contribution in [0.1, 0.15) is 67.2 Å². The second-order valence-corrected chi connectivity index (χ2v) is 10.6. The monoisotopic (exact) mass is 434 g/mol. The molecule has 6 heteroatoms. The van der Waals surface area contributed by atoms with Gasteiger partial charge in [-0.25, -0.2) is 0 Å². The molecule has 2 bridgehead atoms. The summed E-state index contributed by atoms with van der Waals surface area (Å²) in [6.07, 6.45) is 0.953. The molecule has 2 fully saturated rings. The highest BCUT2D eigenvalue weighted by molar-refractivity contribution is 5.67. The van der Waals surface area contributed by atoms with E-state index in [1.807, 2.05) is 0 Å². The van der Waals surface area contributed by atoms with Gasteiger partial charge in [0.25, 0.3) is 0 Å². The molecule has 1 N–H and O–H groups in total. The van der Waals surface area contributed by atoms with Crippen molar-refractivity contribution in [3.63, 3.8) is 0 Å². The number of ether oxygens (including phenoxy) is 3. The van der Waals surface area contributed by atoms with Gasteiger partial charge >= 0.3 is 11.9 Å². The Hall–Kier alpha value is -1.66. The molecule has 3 rings (SSSR count). The fourth-order valence-electron chi connectivity index (χ4n) is 6.94. The third-order valence-corrected chi connectivity index (χ3v) is 8.02. The summed E-state index contributed by atoms with van der Waals surface area (Å²) < 4.78 is 18.0. The lowest BCUT2D eigenvalue weighted by Gasteiger charge is -2.58. The third-order valence-electron chi connectivity index (χ3n) is 8.02. The summed E-state index contributed by atoms with van der Waals surface area (Å²) in [5.74, 6) is -1.29. The lowest BCUT2D eigenvalue weighted by atomic mass is 9.50. The van der Waals surface area contributed by atoms with Gasteiger partial charge in [-0.05, 0) is 48.2 Å². The second-order valence-electron chi connectivity index (χ2n) is 10.6. The van der Waals surface area contributed by atoms with Crippen molar-refractivity contribution in [1.82, 2.24) is 0 Å². The average molecular weight is 435 g/mol. The zero-order valence-electron chi connectivity index (χ0n) is 20.0. The summed E-state index contributed by atoms with van der Waals surface area (Å²) in [4.78, 5) is 24.3. The van der Waals surface area contributed by atoms with E-state index in [4.69, 9.17) is 14.2 Å². The molecule has 7 unspecified atom stereocenters. The summed E-state index contributed by atoms with van der Waals surface area (Å²) >= 11 is 0. The molecule has 0 aromatic heterocycles. The Bertz CT molecular complexity index is 796. The standard InChI is InChI=1S/C25H38O6/c1-13-11-18(30-15(3)26)22-23(31-16(4)27)21-14(2)17(28)9-10-25(21,7)12-19(29-8)20(13)24(22,5)6/h17-19,21-23,28H,2,9-12H2,1,3-8H3. The van der Waals surface area contributed by atoms with Crippen LogP contribution in [0.5, 0.6) is 0 Å². The molecule has 0 aliphatic heterocycles. The number of carbonyl (C=O) groups is 2. The lowest BCUT2D eigenvalue weighted by molar-refractivity contribution is -0.182. The fourth-order valence-corrected chi connectivity index (χ4v) is 6.94. The van der Waals surface area contributed by atoms with Crippen LogP contribution in [0, 0.1) is 22.7 Å². The minimum absolute atomic E-state index is 0.107. The van der Waals surface area contributed by atoms with E-state index in [0.717, 1.165) is 18.4 Å². The number of methoxy groups -OCH3 is 1. The molecule has 0 saturated heterocycles. The van der Waals surface area contributed by atoms with Gasteiger partial charge in [-0.1, -0.05) is 32.9 Å². The Labute approximate surface area is 186 Å². The highest BCUT2D eigenvalue weighted by atomic mass is 16.6. The highest BCUT2D eigenvalue weighted by Gasteiger charge is 2.60. The van der Waals surface area contributed by atoms with E-state index in [0.29, 0.717) is 18.4 Å². The van der Waals surface area contributed by atoms with Crippen LogP contribution in [-0.2, 0) is 23.8 Å². The molecule has 0 aromatic rings. The lowest BCUT2D eigenvalue weighted by Crippen LogP contribution is -2.60. The Morgan fingerprint density at radius 2 is 1.74 bits per heavy atom. The smallest absolute Gasteiger partial charge is 0.302 e. The van der Waals surface area contributed by atoms with Gasteiger partial charge in [-0.15, -0.1) is 0 Å². The third kappa shape index (κ3) is 4.09. The van der Waals surface area contributed by atoms with Crippen LogP contribution in [0.25, 0.3) is 0 Å². The maximum absolute atomic E-state index is 12.3. The molecule has 0 aromatic carbocycles. The summed E-state index contributed by atoms with van der Waals surface area (Å²) in [7, 11) is 1.74. The Balaban J connectivity index is 2.28. The molecule has 0 radical (unpaired) electrons. The van der Waals surface area contributed by atoms with Crippen molar-refractivity contribution in [3.8, 4) is 0 Å². The minimum Gasteiger partial charge on any atom is -0.462 e. The maximum Gasteiger partial charge on any atom is 0.302 e. The zero-order chi connectivity index (χ0) is 23.3. The number of carbonyl (C=O) groups excluding carboxylic acids is 2. The van der Waals surface area contributed by atoms with Crippen LogP contribution in [0.15, 0.2) is 23.3 Å². The van der Waals surface area contributed by atoms with E-state index in [1.165, 1.54) is 19.4 Å². The molecule has 6 nitrogen and oxygen atoms in total. The topological polar surface area (TPSA) is 82.1 Å². The number of hydrogen-bond donors (Lipinski definition) is 1. The first-order valence-corrected chi connectivity index (χ1v) is 11.3. The predicted molar refractivity (Wildman–Crippen MR) is 117 cm³/mol. The van der Waals surface area contributed by atoms with Crippen molar-refractivity contribution in [2.45, 2.75) is 91.6 Å². The van der Waals surface area contributed by atoms with Gasteiger partial charge in [0.15, 0.2) is 0 Å². The number of fused-ring (bicyclic) bond motifs is 3. The van der Waals surface area contributed by atoms with Crippen molar-refractivity contribution in [3.05, 3.63) is 23.3 Å². The number of hydrogen-bond acceptors (Lipinski definition) is 6. The van der Waals surface area contributed by atoms with Gasteiger partial charge in [0.1, 0.15) is 12.2 Å². The molecule has 3 aliphatic carbocycles. The zero-order valence-corrected chi connectivity index (χ0v) is 20.0. The van der Waals surface area contributed by atoms with Crippen LogP contribution < -0.4 is 0 Å². The molecule has 31 heavy (non-hydrogen) atoms. The predicted octanol–water partition coefficient (Wildman–Crippen LogP) is 3.96. The van der Waals surface area contributed by atoms with Crippen molar-refractivity contribution in [2.24, 2.45) is 22.7 Å². The SMILES string of the molecule is C=C1C(O)CCC2(C)CC(OC)C3=C(C)CC(OC(C)=O)C(C(OC(C)=O)C12)C3(C)C. The molecular weight excluding hydrogens is 396 g/mol. The molecule has 2 saturated carbocycles. The molecule has 174 valence electrons. The van der Waals surface area contributed by atoms with Gasteiger partial charge in [-0.2, -0.15) is 0 Å². The van der Waals surface area contributed by atoms with Crippen LogP contribution in [0.2, 0.25) is 0 Å². The highest BCUT2D eigenvalue weighted by Crippen LogP contribution is 2.60. The average Bonchev–Trinajstić information content (AvgIpc) is 2.61. The quantitative estimate of drug-likeness (QED) is 0.535. The Morgan fingerprint density at radius 3 is 2.29 bits per heavy atom. The first kappa shape index (κ1) is 24.0. The summed E-state index contributed by atoms with van der Waals surface area (Å²) in [6, 6.07) is 0. The van der Waals surface area contributed by atoms with Crippen LogP contribution in [-0.4, -0.2) is 48.6 Å². The van der Waals surface area contributed by atoms with Gasteiger partial charge in [0.2, 0.25) is 0 Å². The maximum atomic E-state index is 12.3. The van der Waals surface area contributed by atoms with E-state index < -0.39 is 23.7 Å². The normalized spacial score (nSPS) is 39.8. The Kier molecular flexibility index (Phi) is 6.47. The molecular formula is C25H38O6. The van der Waals surface area contributed by atoms with Crippen molar-refractivity contribution in [2.75, 3.05) is 7.11 Å². The minimum atomic E-state index is -0.646. The van der Waals surface area contributed by atoms with Gasteiger partial charge in [0.05, 0.1) is 12.2 Å². The van der Waals surface area contributed by atoms with E-state index in [-0.39, 0.29) is 35.3 Å². The summed E-state index contributed by atoms with van der Waals surface area (Å²) in [6.45, 7) is 15.6. The first-order valence-electron chi connectivity index (χ1n) is 11.3. The van der Waals surface area contributed by atoms with E-state index >= 15 is 0 Å². The Morgan fingerprint density at radius 1 is 1.13 bits per heavy atom. The van der Waals surface area contributed by atoms with E-state index in [9.17, 15) is 14.7 Å². The molecule has 0 amide bonds. The van der Waals surface area contributed by atoms with Crippen molar-refractivity contribution < 1.29 is 28.9 Å². The molecule has 3 aliphatic rings. The number of esters is 2. The van der Waals surface area contributed by atoms with Gasteiger partial charge in [0, 0.05) is 39.2 Å². The van der Waals surface area contributed by atoms with Crippen LogP contribution in [0.3, 0.4) is 0 Å². The van der Waals surface area contributed by atoms with Crippen molar-refractivity contribution >= 4 is 11.9 Å². The summed E-state index contributed by atoms with van der Waals surface area (Å²) in [5, 5.41) is 10.7. The van der Waals surface area contributed by atoms with Gasteiger partial charge < -0.3 is 19.3 Å².